The van der Waals surface area contributed by atoms with Gasteiger partial charge in [0.15, 0.2) is 6.10 Å². The fourth-order valence-electron chi connectivity index (χ4n) is 11.7. The third-order valence-corrected chi connectivity index (χ3v) is 20.2. The molecule has 0 rings (SSSR count). The fourth-order valence-corrected chi connectivity index (χ4v) is 13.3. The number of carbonyl (C=O) groups excluding carboxylic acids is 3. The number of hydrogen-bond acceptors (Lipinski definition) is 14. The van der Waals surface area contributed by atoms with E-state index in [0.29, 0.717) is 19.3 Å². The van der Waals surface area contributed by atoms with Crippen LogP contribution < -0.4 is 0 Å². The molecule has 0 bridgehead atoms. The van der Waals surface area contributed by atoms with Gasteiger partial charge in [-0.1, -0.05) is 347 Å². The smallest absolute Gasteiger partial charge is 0.463 e. The maximum Gasteiger partial charge on any atom is 0.472 e. The second-order valence-electron chi connectivity index (χ2n) is 29.0. The summed E-state index contributed by atoms with van der Waals surface area (Å²) < 4.78 is 61.2. The van der Waals surface area contributed by atoms with E-state index in [-0.39, 0.29) is 19.3 Å². The lowest BCUT2D eigenvalue weighted by Crippen LogP contribution is -2.30. The van der Waals surface area contributed by atoms with Gasteiger partial charge in [-0.3, -0.25) is 32.5 Å². The lowest BCUT2D eigenvalue weighted by Gasteiger charge is -2.21. The van der Waals surface area contributed by atoms with Crippen molar-refractivity contribution >= 4 is 33.6 Å². The van der Waals surface area contributed by atoms with E-state index in [1.807, 2.05) is 0 Å². The summed E-state index contributed by atoms with van der Waals surface area (Å²) in [5.41, 5.74) is 0. The van der Waals surface area contributed by atoms with Gasteiger partial charge in [0.25, 0.3) is 0 Å². The van der Waals surface area contributed by atoms with Gasteiger partial charge in [0.2, 0.25) is 0 Å². The highest BCUT2D eigenvalue weighted by Crippen LogP contribution is 2.45. The van der Waals surface area contributed by atoms with Crippen molar-refractivity contribution < 1.29 is 75.8 Å². The standard InChI is InChI=1S/C91H158O16P2/c1-4-7-10-13-16-19-22-24-26-28-30-32-34-36-38-39-40-41-42-43-44-45-47-49-50-52-54-56-58-60-63-65-68-71-74-77-89(94)101-80-86(92)81-103-108(97,98)104-82-87(93)83-105-109(99,100)106-85-88(107-91(96)79-76-73-70-67-62-21-18-15-12-9-6-3)84-102-90(95)78-75-72-69-66-64-61-59-57-55-53-51-48-46-37-35-33-31-29-27-25-23-20-17-14-11-8-5-2/h8,11,15-20,24-27,30-33,36-38,46,51,53,86-88,92-93H,4-7,9-10,12-14,21-23,28-29,34-35,39-45,47-50,52,54-85H2,1-3H3,(H,97,98)(H,99,100)/b11-8-,18-15-,19-16-,20-17-,26-24-,27-25-,32-30-,33-31-,38-36-,46-37-,53-51-. The fraction of sp³-hybridized carbons (Fsp3) is 0.725. The van der Waals surface area contributed by atoms with Crippen LogP contribution in [0, 0.1) is 0 Å². The van der Waals surface area contributed by atoms with E-state index in [9.17, 15) is 43.5 Å². The zero-order valence-electron chi connectivity index (χ0n) is 68.9. The zero-order chi connectivity index (χ0) is 79.4. The molecule has 109 heavy (non-hydrogen) atoms. The van der Waals surface area contributed by atoms with Crippen LogP contribution in [0.1, 0.15) is 367 Å². The Bertz CT molecular complexity index is 2510. The van der Waals surface area contributed by atoms with Gasteiger partial charge in [-0.2, -0.15) is 0 Å². The molecule has 0 spiro atoms. The molecule has 0 saturated carbocycles. The molecule has 0 saturated heterocycles. The number of esters is 3. The largest absolute Gasteiger partial charge is 0.472 e. The molecule has 0 heterocycles. The van der Waals surface area contributed by atoms with Crippen LogP contribution in [0.25, 0.3) is 0 Å². The van der Waals surface area contributed by atoms with Crippen molar-refractivity contribution in [1.29, 1.82) is 0 Å². The van der Waals surface area contributed by atoms with Crippen LogP contribution >= 0.6 is 15.6 Å². The molecule has 0 aliphatic carbocycles. The summed E-state index contributed by atoms with van der Waals surface area (Å²) in [6, 6.07) is 0. The topological polar surface area (TPSA) is 231 Å². The molecule has 0 aromatic carbocycles. The number of rotatable bonds is 82. The van der Waals surface area contributed by atoms with Gasteiger partial charge < -0.3 is 34.2 Å². The van der Waals surface area contributed by atoms with Crippen molar-refractivity contribution in [2.45, 2.75) is 386 Å². The maximum atomic E-state index is 12.9. The van der Waals surface area contributed by atoms with Gasteiger partial charge in [-0.15, -0.1) is 0 Å². The highest BCUT2D eigenvalue weighted by Gasteiger charge is 2.29. The Morgan fingerprint density at radius 3 is 0.807 bits per heavy atom. The molecule has 5 unspecified atom stereocenters. The van der Waals surface area contributed by atoms with E-state index in [0.717, 1.165) is 154 Å². The van der Waals surface area contributed by atoms with Crippen LogP contribution in [0.5, 0.6) is 0 Å². The summed E-state index contributed by atoms with van der Waals surface area (Å²) in [7, 11) is -9.79. The molecule has 0 aromatic heterocycles. The summed E-state index contributed by atoms with van der Waals surface area (Å²) in [5.74, 6) is -1.59. The third kappa shape index (κ3) is 84.4. The first-order valence-electron chi connectivity index (χ1n) is 43.5. The van der Waals surface area contributed by atoms with Crippen LogP contribution in [0.15, 0.2) is 134 Å². The monoisotopic (exact) mass is 1570 g/mol. The number of aliphatic hydroxyl groups is 2. The van der Waals surface area contributed by atoms with E-state index in [2.05, 4.69) is 154 Å². The quantitative estimate of drug-likeness (QED) is 0.0146. The SMILES string of the molecule is CC/C=C\C/C=C\C/C=C\C/C=C\C/C=C\C/C=C\CCCCCCCCCCC(=O)OCC(COP(=O)(O)OCC(O)COP(=O)(O)OCC(O)COC(=O)CCCCCCCCCCCCCCCCCCCCC/C=C\C/C=C\C/C=C\C/C=C\CCCCC)OC(=O)CCCCCCC/C=C\CCCC. The molecule has 0 radical (unpaired) electrons. The number of allylic oxidation sites excluding steroid dienone is 22. The molecule has 4 N–H and O–H groups in total. The highest BCUT2D eigenvalue weighted by molar-refractivity contribution is 7.47. The molecular weight excluding hydrogens is 1410 g/mol. The van der Waals surface area contributed by atoms with Gasteiger partial charge >= 0.3 is 33.6 Å². The Morgan fingerprint density at radius 1 is 0.266 bits per heavy atom. The molecule has 0 fully saturated rings. The molecular formula is C91H158O16P2. The number of aliphatic hydroxyl groups excluding tert-OH is 2. The van der Waals surface area contributed by atoms with Crippen LogP contribution in [0.3, 0.4) is 0 Å². The Labute approximate surface area is 665 Å². The van der Waals surface area contributed by atoms with Crippen molar-refractivity contribution in [3.63, 3.8) is 0 Å². The van der Waals surface area contributed by atoms with Gasteiger partial charge in [0.1, 0.15) is 25.4 Å². The van der Waals surface area contributed by atoms with Crippen molar-refractivity contribution in [1.82, 2.24) is 0 Å². The van der Waals surface area contributed by atoms with Crippen LogP contribution in [-0.4, -0.2) is 95.9 Å². The predicted molar refractivity (Wildman–Crippen MR) is 454 cm³/mol. The molecule has 0 aliphatic heterocycles. The Hall–Kier alpha value is -4.31. The van der Waals surface area contributed by atoms with Crippen LogP contribution in [0.2, 0.25) is 0 Å². The van der Waals surface area contributed by atoms with E-state index in [4.69, 9.17) is 32.3 Å². The van der Waals surface area contributed by atoms with Crippen molar-refractivity contribution in [2.24, 2.45) is 0 Å². The zero-order valence-corrected chi connectivity index (χ0v) is 70.7. The number of phosphoric acid groups is 2. The molecule has 628 valence electrons. The minimum atomic E-state index is -4.93. The Balaban J connectivity index is 4.35. The number of hydrogen-bond donors (Lipinski definition) is 4. The third-order valence-electron chi connectivity index (χ3n) is 18.3. The summed E-state index contributed by atoms with van der Waals surface area (Å²) >= 11 is 0. The summed E-state index contributed by atoms with van der Waals surface area (Å²) in [5, 5.41) is 20.7. The van der Waals surface area contributed by atoms with Crippen molar-refractivity contribution in [3.05, 3.63) is 134 Å². The second-order valence-corrected chi connectivity index (χ2v) is 31.9. The first kappa shape index (κ1) is 105. The summed E-state index contributed by atoms with van der Waals surface area (Å²) in [6.07, 6.45) is 102. The van der Waals surface area contributed by atoms with E-state index < -0.39 is 91.5 Å². The molecule has 5 atom stereocenters. The average molecular weight is 1570 g/mol. The lowest BCUT2D eigenvalue weighted by atomic mass is 10.0. The van der Waals surface area contributed by atoms with Gasteiger partial charge in [-0.25, -0.2) is 9.13 Å². The number of ether oxygens (including phenoxy) is 3. The molecule has 18 heteroatoms. The average Bonchev–Trinajstić information content (AvgIpc) is 0.901. The predicted octanol–water partition coefficient (Wildman–Crippen LogP) is 26.2. The summed E-state index contributed by atoms with van der Waals surface area (Å²) in [4.78, 5) is 58.7. The molecule has 0 amide bonds. The number of phosphoric ester groups is 2. The first-order valence-corrected chi connectivity index (χ1v) is 46.5. The van der Waals surface area contributed by atoms with Gasteiger partial charge in [0.05, 0.1) is 26.4 Å². The minimum Gasteiger partial charge on any atom is -0.463 e. The van der Waals surface area contributed by atoms with Crippen LogP contribution in [0.4, 0.5) is 0 Å². The molecule has 0 aliphatic rings. The number of carbonyl (C=O) groups is 3. The summed E-state index contributed by atoms with van der Waals surface area (Å²) in [6.45, 7) is 2.51. The Kier molecular flexibility index (Phi) is 79.8. The second kappa shape index (κ2) is 83.1. The van der Waals surface area contributed by atoms with E-state index in [1.165, 1.54) is 154 Å². The molecule has 0 aromatic rings. The van der Waals surface area contributed by atoms with E-state index in [1.54, 1.807) is 0 Å². The minimum absolute atomic E-state index is 0.0903. The first-order chi connectivity index (χ1) is 53.2. The molecule has 16 nitrogen and oxygen atoms in total. The van der Waals surface area contributed by atoms with E-state index >= 15 is 0 Å². The normalized spacial score (nSPS) is 14.5. The van der Waals surface area contributed by atoms with Crippen molar-refractivity contribution in [2.75, 3.05) is 39.6 Å². The lowest BCUT2D eigenvalue weighted by molar-refractivity contribution is -0.161. The Morgan fingerprint density at radius 2 is 0.495 bits per heavy atom. The van der Waals surface area contributed by atoms with Crippen molar-refractivity contribution in [3.8, 4) is 0 Å². The highest BCUT2D eigenvalue weighted by atomic mass is 31.2. The van der Waals surface area contributed by atoms with Crippen LogP contribution in [-0.2, 0) is 55.8 Å². The van der Waals surface area contributed by atoms with Gasteiger partial charge in [-0.05, 0) is 135 Å². The maximum absolute atomic E-state index is 12.9. The number of unbranched alkanes of at least 4 members (excludes halogenated alkanes) is 37. The van der Waals surface area contributed by atoms with Gasteiger partial charge in [0, 0.05) is 19.3 Å².